The Kier molecular flexibility index (Phi) is 6.21. The predicted molar refractivity (Wildman–Crippen MR) is 97.9 cm³/mol. The van der Waals surface area contributed by atoms with Crippen molar-refractivity contribution in [3.8, 4) is 0 Å². The quantitative estimate of drug-likeness (QED) is 0.752. The van der Waals surface area contributed by atoms with Gasteiger partial charge in [-0.3, -0.25) is 0 Å². The maximum Gasteiger partial charge on any atom is 0.244 e. The van der Waals surface area contributed by atoms with E-state index in [4.69, 9.17) is 11.6 Å². The fraction of sp³-hybridized carbons (Fsp3) is 0.353. The Morgan fingerprint density at radius 2 is 1.75 bits per heavy atom. The van der Waals surface area contributed by atoms with E-state index in [-0.39, 0.29) is 4.90 Å². The molecular formula is C17H22ClN3O2S. The molecule has 5 nitrogen and oxygen atoms in total. The molecule has 0 amide bonds. The van der Waals surface area contributed by atoms with Crippen LogP contribution in [-0.4, -0.2) is 37.8 Å². The molecule has 0 fully saturated rings. The van der Waals surface area contributed by atoms with E-state index < -0.39 is 10.0 Å². The van der Waals surface area contributed by atoms with Gasteiger partial charge in [-0.2, -0.15) is 4.31 Å². The van der Waals surface area contributed by atoms with Crippen LogP contribution in [0.2, 0.25) is 5.02 Å². The summed E-state index contributed by atoms with van der Waals surface area (Å²) in [5.74, 6) is 0.688. The maximum absolute atomic E-state index is 12.5. The predicted octanol–water partition coefficient (Wildman–Crippen LogP) is 3.40. The average molecular weight is 368 g/mol. The lowest BCUT2D eigenvalue weighted by molar-refractivity contribution is 0.445. The number of hydrogen-bond acceptors (Lipinski definition) is 4. The van der Waals surface area contributed by atoms with Crippen molar-refractivity contribution >= 4 is 27.4 Å². The van der Waals surface area contributed by atoms with Crippen molar-refractivity contribution < 1.29 is 8.42 Å². The molecule has 0 aliphatic carbocycles. The van der Waals surface area contributed by atoms with Crippen LogP contribution in [0.25, 0.3) is 0 Å². The van der Waals surface area contributed by atoms with Gasteiger partial charge in [0, 0.05) is 37.9 Å². The minimum atomic E-state index is -3.48. The summed E-state index contributed by atoms with van der Waals surface area (Å²) in [5, 5.41) is 0.699. The van der Waals surface area contributed by atoms with Crippen LogP contribution in [0, 0.1) is 0 Å². The first kappa shape index (κ1) is 18.7. The number of aromatic nitrogens is 1. The van der Waals surface area contributed by atoms with Gasteiger partial charge < -0.3 is 4.90 Å². The van der Waals surface area contributed by atoms with Crippen molar-refractivity contribution in [1.29, 1.82) is 0 Å². The number of hydrogen-bond donors (Lipinski definition) is 0. The van der Waals surface area contributed by atoms with Gasteiger partial charge >= 0.3 is 0 Å². The monoisotopic (exact) mass is 367 g/mol. The Morgan fingerprint density at radius 3 is 2.29 bits per heavy atom. The minimum Gasteiger partial charge on any atom is -0.355 e. The highest BCUT2D eigenvalue weighted by molar-refractivity contribution is 7.89. The SMILES string of the molecule is CCN(CC)S(=O)(=O)c1ccc(N(C)Cc2ccccc2Cl)nc1. The summed E-state index contributed by atoms with van der Waals surface area (Å²) in [7, 11) is -1.58. The second-order valence-electron chi connectivity index (χ2n) is 5.39. The third kappa shape index (κ3) is 4.06. The molecule has 0 atom stereocenters. The molecule has 7 heteroatoms. The van der Waals surface area contributed by atoms with Gasteiger partial charge in [-0.25, -0.2) is 13.4 Å². The highest BCUT2D eigenvalue weighted by atomic mass is 35.5. The van der Waals surface area contributed by atoms with E-state index in [1.807, 2.05) is 50.1 Å². The average Bonchev–Trinajstić information content (AvgIpc) is 2.58. The molecule has 2 rings (SSSR count). The minimum absolute atomic E-state index is 0.209. The van der Waals surface area contributed by atoms with Crippen LogP contribution < -0.4 is 4.90 Å². The molecule has 24 heavy (non-hydrogen) atoms. The Hall–Kier alpha value is -1.63. The van der Waals surface area contributed by atoms with Crippen LogP contribution in [0.4, 0.5) is 5.82 Å². The fourth-order valence-corrected chi connectivity index (χ4v) is 4.03. The van der Waals surface area contributed by atoms with Crippen LogP contribution in [0.5, 0.6) is 0 Å². The lowest BCUT2D eigenvalue weighted by Crippen LogP contribution is -2.30. The molecule has 130 valence electrons. The van der Waals surface area contributed by atoms with Crippen molar-refractivity contribution in [3.63, 3.8) is 0 Å². The Morgan fingerprint density at radius 1 is 1.08 bits per heavy atom. The van der Waals surface area contributed by atoms with Crippen molar-refractivity contribution in [2.75, 3.05) is 25.0 Å². The van der Waals surface area contributed by atoms with Crippen molar-refractivity contribution in [3.05, 3.63) is 53.2 Å². The van der Waals surface area contributed by atoms with Gasteiger partial charge in [-0.05, 0) is 23.8 Å². The number of halogens is 1. The molecule has 1 aromatic heterocycles. The number of pyridine rings is 1. The Balaban J connectivity index is 2.19. The second kappa shape index (κ2) is 7.96. The molecule has 0 N–H and O–H groups in total. The van der Waals surface area contributed by atoms with Gasteiger partial charge in [0.25, 0.3) is 0 Å². The lowest BCUT2D eigenvalue weighted by Gasteiger charge is -2.21. The summed E-state index contributed by atoms with van der Waals surface area (Å²) in [6.07, 6.45) is 1.41. The van der Waals surface area contributed by atoms with Crippen molar-refractivity contribution in [2.45, 2.75) is 25.3 Å². The topological polar surface area (TPSA) is 53.5 Å². The first-order chi connectivity index (χ1) is 11.4. The fourth-order valence-electron chi connectivity index (χ4n) is 2.43. The van der Waals surface area contributed by atoms with Gasteiger partial charge in [0.1, 0.15) is 10.7 Å². The molecule has 0 bridgehead atoms. The summed E-state index contributed by atoms with van der Waals surface area (Å²) >= 11 is 6.18. The molecule has 2 aromatic rings. The van der Waals surface area contributed by atoms with E-state index in [9.17, 15) is 8.42 Å². The number of benzene rings is 1. The molecule has 0 saturated heterocycles. The van der Waals surface area contributed by atoms with Gasteiger partial charge in [-0.1, -0.05) is 43.6 Å². The van der Waals surface area contributed by atoms with Crippen molar-refractivity contribution in [1.82, 2.24) is 9.29 Å². The van der Waals surface area contributed by atoms with Crippen LogP contribution in [0.3, 0.4) is 0 Å². The molecule has 1 aromatic carbocycles. The number of sulfonamides is 1. The number of rotatable bonds is 7. The molecule has 1 heterocycles. The molecule has 0 spiro atoms. The van der Waals surface area contributed by atoms with E-state index in [0.717, 1.165) is 5.56 Å². The first-order valence-corrected chi connectivity index (χ1v) is 9.62. The summed E-state index contributed by atoms with van der Waals surface area (Å²) in [4.78, 5) is 6.43. The van der Waals surface area contributed by atoms with Gasteiger partial charge in [0.15, 0.2) is 0 Å². The van der Waals surface area contributed by atoms with Gasteiger partial charge in [0.2, 0.25) is 10.0 Å². The zero-order valence-corrected chi connectivity index (χ0v) is 15.7. The van der Waals surface area contributed by atoms with E-state index >= 15 is 0 Å². The third-order valence-electron chi connectivity index (χ3n) is 3.82. The van der Waals surface area contributed by atoms with E-state index in [1.54, 1.807) is 12.1 Å². The second-order valence-corrected chi connectivity index (χ2v) is 7.73. The zero-order chi connectivity index (χ0) is 17.7. The Labute approximate surface area is 148 Å². The van der Waals surface area contributed by atoms with Crippen LogP contribution in [-0.2, 0) is 16.6 Å². The summed E-state index contributed by atoms with van der Waals surface area (Å²) in [5.41, 5.74) is 0.989. The normalized spacial score (nSPS) is 11.7. The largest absolute Gasteiger partial charge is 0.355 e. The zero-order valence-electron chi connectivity index (χ0n) is 14.1. The molecule has 0 aliphatic rings. The van der Waals surface area contributed by atoms with E-state index in [2.05, 4.69) is 4.98 Å². The summed E-state index contributed by atoms with van der Waals surface area (Å²) in [6.45, 7) is 5.11. The molecule has 0 unspecified atom stereocenters. The van der Waals surface area contributed by atoms with Crippen LogP contribution in [0.15, 0.2) is 47.5 Å². The molecule has 0 aliphatic heterocycles. The molecular weight excluding hydrogens is 346 g/mol. The summed E-state index contributed by atoms with van der Waals surface area (Å²) < 4.78 is 26.3. The van der Waals surface area contributed by atoms with Crippen molar-refractivity contribution in [2.24, 2.45) is 0 Å². The van der Waals surface area contributed by atoms with E-state index in [0.29, 0.717) is 30.5 Å². The smallest absolute Gasteiger partial charge is 0.244 e. The number of anilines is 1. The van der Waals surface area contributed by atoms with Crippen LogP contribution in [0.1, 0.15) is 19.4 Å². The summed E-state index contributed by atoms with van der Waals surface area (Å²) in [6, 6.07) is 10.9. The highest BCUT2D eigenvalue weighted by Gasteiger charge is 2.22. The third-order valence-corrected chi connectivity index (χ3v) is 6.22. The lowest BCUT2D eigenvalue weighted by atomic mass is 10.2. The highest BCUT2D eigenvalue weighted by Crippen LogP contribution is 2.21. The molecule has 0 saturated carbocycles. The van der Waals surface area contributed by atoms with Crippen LogP contribution >= 0.6 is 11.6 Å². The number of nitrogens with zero attached hydrogens (tertiary/aromatic N) is 3. The van der Waals surface area contributed by atoms with E-state index in [1.165, 1.54) is 10.5 Å². The first-order valence-electron chi connectivity index (χ1n) is 7.80. The molecule has 0 radical (unpaired) electrons. The van der Waals surface area contributed by atoms with Gasteiger partial charge in [0.05, 0.1) is 0 Å². The maximum atomic E-state index is 12.5. The van der Waals surface area contributed by atoms with Gasteiger partial charge in [-0.15, -0.1) is 0 Å². The Bertz CT molecular complexity index is 775. The standard InChI is InChI=1S/C17H22ClN3O2S/c1-4-21(5-2)24(22,23)15-10-11-17(19-12-15)20(3)13-14-8-6-7-9-16(14)18/h6-12H,4-5,13H2,1-3H3.